The molecule has 0 unspecified atom stereocenters. The minimum atomic E-state index is -0.458. The first-order valence-electron chi connectivity index (χ1n) is 13.4. The Morgan fingerprint density at radius 1 is 0.976 bits per heavy atom. The van der Waals surface area contributed by atoms with Gasteiger partial charge in [0.1, 0.15) is 11.5 Å². The molecule has 1 aliphatic rings. The molecule has 0 atom stereocenters. The van der Waals surface area contributed by atoms with E-state index in [4.69, 9.17) is 16.3 Å². The molecule has 9 heteroatoms. The minimum absolute atomic E-state index is 0.0444. The van der Waals surface area contributed by atoms with Crippen LogP contribution in [0.2, 0.25) is 5.02 Å². The SMILES string of the molecule is Cc1ccc(N2CCN(C(=O)COc3ccc(C=NNC(=O)c4ccc(O)c(Cl)c4)c4ccccc34)CC2)c(C)c1. The highest BCUT2D eigenvalue weighted by molar-refractivity contribution is 6.32. The van der Waals surface area contributed by atoms with Crippen molar-refractivity contribution in [2.24, 2.45) is 5.10 Å². The predicted octanol–water partition coefficient (Wildman–Crippen LogP) is 5.31. The maximum Gasteiger partial charge on any atom is 0.271 e. The van der Waals surface area contributed by atoms with Gasteiger partial charge in [-0.25, -0.2) is 5.43 Å². The van der Waals surface area contributed by atoms with E-state index in [9.17, 15) is 14.7 Å². The molecule has 41 heavy (non-hydrogen) atoms. The Morgan fingerprint density at radius 3 is 2.46 bits per heavy atom. The van der Waals surface area contributed by atoms with Crippen LogP contribution in [0.1, 0.15) is 27.0 Å². The van der Waals surface area contributed by atoms with Crippen molar-refractivity contribution >= 4 is 46.1 Å². The number of carbonyl (C=O) groups is 2. The first kappa shape index (κ1) is 28.0. The summed E-state index contributed by atoms with van der Waals surface area (Å²) in [5, 5.41) is 15.4. The van der Waals surface area contributed by atoms with Crippen LogP contribution in [-0.4, -0.2) is 60.8 Å². The molecule has 4 aromatic carbocycles. The summed E-state index contributed by atoms with van der Waals surface area (Å²) in [7, 11) is 0. The number of phenols is 1. The summed E-state index contributed by atoms with van der Waals surface area (Å²) in [5.41, 5.74) is 7.23. The number of piperazine rings is 1. The van der Waals surface area contributed by atoms with Gasteiger partial charge in [-0.05, 0) is 61.2 Å². The molecule has 1 saturated heterocycles. The van der Waals surface area contributed by atoms with Gasteiger partial charge in [-0.15, -0.1) is 0 Å². The predicted molar refractivity (Wildman–Crippen MR) is 162 cm³/mol. The minimum Gasteiger partial charge on any atom is -0.506 e. The van der Waals surface area contributed by atoms with Gasteiger partial charge < -0.3 is 19.6 Å². The smallest absolute Gasteiger partial charge is 0.271 e. The third-order valence-electron chi connectivity index (χ3n) is 7.17. The van der Waals surface area contributed by atoms with Crippen molar-refractivity contribution in [3.05, 3.63) is 100 Å². The number of halogens is 1. The van der Waals surface area contributed by atoms with Gasteiger partial charge in [0.2, 0.25) is 0 Å². The number of nitrogens with zero attached hydrogens (tertiary/aromatic N) is 3. The van der Waals surface area contributed by atoms with Crippen LogP contribution in [0.15, 0.2) is 77.9 Å². The monoisotopic (exact) mass is 570 g/mol. The Labute approximate surface area is 243 Å². The topological polar surface area (TPSA) is 94.5 Å². The van der Waals surface area contributed by atoms with E-state index in [-0.39, 0.29) is 28.8 Å². The number of hydrogen-bond acceptors (Lipinski definition) is 6. The molecule has 1 fully saturated rings. The van der Waals surface area contributed by atoms with E-state index in [2.05, 4.69) is 47.5 Å². The molecule has 210 valence electrons. The van der Waals surface area contributed by atoms with Gasteiger partial charge in [0.15, 0.2) is 6.61 Å². The highest BCUT2D eigenvalue weighted by Crippen LogP contribution is 2.28. The van der Waals surface area contributed by atoms with Crippen LogP contribution in [0.5, 0.6) is 11.5 Å². The van der Waals surface area contributed by atoms with E-state index < -0.39 is 5.91 Å². The second-order valence-electron chi connectivity index (χ2n) is 10.0. The molecule has 2 N–H and O–H groups in total. The number of hydrazone groups is 1. The fourth-order valence-corrected chi connectivity index (χ4v) is 5.17. The fraction of sp³-hybridized carbons (Fsp3) is 0.219. The molecule has 5 rings (SSSR count). The lowest BCUT2D eigenvalue weighted by Gasteiger charge is -2.36. The molecule has 0 spiro atoms. The third-order valence-corrected chi connectivity index (χ3v) is 7.48. The average molecular weight is 571 g/mol. The fourth-order valence-electron chi connectivity index (χ4n) is 4.99. The van der Waals surface area contributed by atoms with Crippen LogP contribution < -0.4 is 15.1 Å². The molecule has 0 saturated carbocycles. The van der Waals surface area contributed by atoms with E-state index in [1.165, 1.54) is 35.0 Å². The number of aromatic hydroxyl groups is 1. The zero-order chi connectivity index (χ0) is 28.9. The van der Waals surface area contributed by atoms with Crippen LogP contribution in [0.25, 0.3) is 10.8 Å². The van der Waals surface area contributed by atoms with Crippen molar-refractivity contribution < 1.29 is 19.4 Å². The molecule has 0 radical (unpaired) electrons. The number of anilines is 1. The molecular weight excluding hydrogens is 540 g/mol. The van der Waals surface area contributed by atoms with Crippen molar-refractivity contribution in [2.45, 2.75) is 13.8 Å². The van der Waals surface area contributed by atoms with Gasteiger partial charge in [0.25, 0.3) is 11.8 Å². The number of amides is 2. The molecule has 0 aliphatic carbocycles. The standard InChI is InChI=1S/C32H31ClN4O4/c1-21-7-10-28(22(2)17-21)36-13-15-37(16-14-36)31(39)20-41-30-12-9-24(25-5-3-4-6-26(25)30)19-34-35-32(40)23-8-11-29(38)27(33)18-23/h3-12,17-19,38H,13-16,20H2,1-2H3,(H,35,40). The molecule has 0 bridgehead atoms. The highest BCUT2D eigenvalue weighted by atomic mass is 35.5. The molecular formula is C32H31ClN4O4. The number of fused-ring (bicyclic) bond motifs is 1. The van der Waals surface area contributed by atoms with E-state index in [1.54, 1.807) is 12.3 Å². The molecule has 2 amide bonds. The molecule has 1 aliphatic heterocycles. The number of ether oxygens (including phenoxy) is 1. The Hall–Kier alpha value is -4.56. The van der Waals surface area contributed by atoms with Gasteiger partial charge in [-0.3, -0.25) is 9.59 Å². The maximum absolute atomic E-state index is 13.0. The number of aryl methyl sites for hydroxylation is 2. The lowest BCUT2D eigenvalue weighted by Crippen LogP contribution is -2.50. The molecule has 4 aromatic rings. The van der Waals surface area contributed by atoms with Crippen molar-refractivity contribution in [1.29, 1.82) is 0 Å². The third kappa shape index (κ3) is 6.44. The van der Waals surface area contributed by atoms with Crippen molar-refractivity contribution in [3.8, 4) is 11.5 Å². The van der Waals surface area contributed by atoms with Crippen LogP contribution in [-0.2, 0) is 4.79 Å². The molecule has 1 heterocycles. The zero-order valence-corrected chi connectivity index (χ0v) is 23.7. The summed E-state index contributed by atoms with van der Waals surface area (Å²) in [6.07, 6.45) is 1.55. The summed E-state index contributed by atoms with van der Waals surface area (Å²) in [6, 6.07) is 21.9. The zero-order valence-electron chi connectivity index (χ0n) is 22.9. The van der Waals surface area contributed by atoms with Gasteiger partial charge in [-0.1, -0.05) is 53.6 Å². The second-order valence-corrected chi connectivity index (χ2v) is 10.4. The molecule has 8 nitrogen and oxygen atoms in total. The van der Waals surface area contributed by atoms with Crippen LogP contribution >= 0.6 is 11.6 Å². The van der Waals surface area contributed by atoms with Gasteiger partial charge in [-0.2, -0.15) is 5.10 Å². The van der Waals surface area contributed by atoms with Crippen molar-refractivity contribution in [1.82, 2.24) is 10.3 Å². The van der Waals surface area contributed by atoms with Crippen molar-refractivity contribution in [2.75, 3.05) is 37.7 Å². The summed E-state index contributed by atoms with van der Waals surface area (Å²) >= 11 is 5.89. The van der Waals surface area contributed by atoms with Gasteiger partial charge in [0.05, 0.1) is 11.2 Å². The maximum atomic E-state index is 13.0. The first-order chi connectivity index (χ1) is 19.8. The summed E-state index contributed by atoms with van der Waals surface area (Å²) in [4.78, 5) is 29.6. The number of benzene rings is 4. The Bertz CT molecular complexity index is 1630. The number of hydrogen-bond donors (Lipinski definition) is 2. The Balaban J connectivity index is 1.20. The quantitative estimate of drug-likeness (QED) is 0.232. The Kier molecular flexibility index (Phi) is 8.40. The summed E-state index contributed by atoms with van der Waals surface area (Å²) in [6.45, 7) is 7.02. The van der Waals surface area contributed by atoms with Gasteiger partial charge in [0, 0.05) is 48.4 Å². The van der Waals surface area contributed by atoms with E-state index in [0.717, 1.165) is 29.4 Å². The van der Waals surface area contributed by atoms with E-state index in [1.807, 2.05) is 35.2 Å². The van der Waals surface area contributed by atoms with Crippen LogP contribution in [0.4, 0.5) is 5.69 Å². The highest BCUT2D eigenvalue weighted by Gasteiger charge is 2.22. The average Bonchev–Trinajstić information content (AvgIpc) is 2.98. The molecule has 0 aromatic heterocycles. The largest absolute Gasteiger partial charge is 0.506 e. The van der Waals surface area contributed by atoms with Gasteiger partial charge >= 0.3 is 0 Å². The lowest BCUT2D eigenvalue weighted by molar-refractivity contribution is -0.133. The van der Waals surface area contributed by atoms with E-state index in [0.29, 0.717) is 18.8 Å². The summed E-state index contributed by atoms with van der Waals surface area (Å²) in [5.74, 6) is -0.00135. The number of nitrogens with one attached hydrogen (secondary N) is 1. The second kappa shape index (κ2) is 12.3. The number of rotatable bonds is 7. The summed E-state index contributed by atoms with van der Waals surface area (Å²) < 4.78 is 6.00. The Morgan fingerprint density at radius 2 is 1.73 bits per heavy atom. The first-order valence-corrected chi connectivity index (χ1v) is 13.7. The van der Waals surface area contributed by atoms with E-state index >= 15 is 0 Å². The normalized spacial score (nSPS) is 13.5. The number of phenolic OH excluding ortho intramolecular Hbond substituents is 1. The lowest BCUT2D eigenvalue weighted by atomic mass is 10.0. The van der Waals surface area contributed by atoms with Crippen LogP contribution in [0, 0.1) is 13.8 Å². The van der Waals surface area contributed by atoms with Crippen molar-refractivity contribution in [3.63, 3.8) is 0 Å². The number of carbonyl (C=O) groups excluding carboxylic acids is 2. The van der Waals surface area contributed by atoms with Crippen LogP contribution in [0.3, 0.4) is 0 Å².